The van der Waals surface area contributed by atoms with Crippen molar-refractivity contribution in [3.8, 4) is 0 Å². The minimum Gasteiger partial charge on any atom is -0.320 e. The maximum Gasteiger partial charge on any atom is 0.245 e. The zero-order valence-electron chi connectivity index (χ0n) is 10.3. The zero-order chi connectivity index (χ0) is 13.8. The maximum atomic E-state index is 12.3. The number of nitrogens with zero attached hydrogens (tertiary/aromatic N) is 1. The van der Waals surface area contributed by atoms with Gasteiger partial charge in [0, 0.05) is 13.6 Å². The molecule has 0 atom stereocenters. The Morgan fingerprint density at radius 2 is 1.83 bits per heavy atom. The largest absolute Gasteiger partial charge is 0.320 e. The SMILES string of the molecule is CNCCCN(C)S(=O)(=O)c1c(Cl)cccc1Cl. The van der Waals surface area contributed by atoms with Gasteiger partial charge in [-0.15, -0.1) is 0 Å². The highest BCUT2D eigenvalue weighted by Gasteiger charge is 2.25. The van der Waals surface area contributed by atoms with Gasteiger partial charge in [0.05, 0.1) is 10.0 Å². The summed E-state index contributed by atoms with van der Waals surface area (Å²) in [6, 6.07) is 4.65. The van der Waals surface area contributed by atoms with E-state index in [1.54, 1.807) is 6.07 Å². The molecule has 0 saturated heterocycles. The summed E-state index contributed by atoms with van der Waals surface area (Å²) >= 11 is 11.8. The molecule has 0 aliphatic rings. The molecule has 1 N–H and O–H groups in total. The predicted molar refractivity (Wildman–Crippen MR) is 74.8 cm³/mol. The lowest BCUT2D eigenvalue weighted by Gasteiger charge is -2.18. The van der Waals surface area contributed by atoms with Crippen molar-refractivity contribution in [3.05, 3.63) is 28.2 Å². The van der Waals surface area contributed by atoms with Crippen LogP contribution in [0.4, 0.5) is 0 Å². The topological polar surface area (TPSA) is 49.4 Å². The quantitative estimate of drug-likeness (QED) is 0.820. The summed E-state index contributed by atoms with van der Waals surface area (Å²) in [6.07, 6.45) is 0.717. The van der Waals surface area contributed by atoms with E-state index in [0.717, 1.165) is 6.54 Å². The van der Waals surface area contributed by atoms with Gasteiger partial charge in [-0.2, -0.15) is 0 Å². The lowest BCUT2D eigenvalue weighted by molar-refractivity contribution is 0.458. The fourth-order valence-corrected chi connectivity index (χ4v) is 3.78. The van der Waals surface area contributed by atoms with Crippen molar-refractivity contribution < 1.29 is 8.42 Å². The molecule has 7 heteroatoms. The molecule has 102 valence electrons. The molecule has 0 amide bonds. The summed E-state index contributed by atoms with van der Waals surface area (Å²) in [5.41, 5.74) is 0. The summed E-state index contributed by atoms with van der Waals surface area (Å²) in [4.78, 5) is -0.0275. The smallest absolute Gasteiger partial charge is 0.245 e. The van der Waals surface area contributed by atoms with E-state index in [4.69, 9.17) is 23.2 Å². The van der Waals surface area contributed by atoms with Crippen molar-refractivity contribution in [1.82, 2.24) is 9.62 Å². The van der Waals surface area contributed by atoms with E-state index in [1.165, 1.54) is 23.5 Å². The van der Waals surface area contributed by atoms with Crippen LogP contribution in [0.3, 0.4) is 0 Å². The second-order valence-corrected chi connectivity index (χ2v) is 6.63. The van der Waals surface area contributed by atoms with Crippen LogP contribution in [0.5, 0.6) is 0 Å². The van der Waals surface area contributed by atoms with Gasteiger partial charge in [0.2, 0.25) is 10.0 Å². The summed E-state index contributed by atoms with van der Waals surface area (Å²) < 4.78 is 25.9. The summed E-state index contributed by atoms with van der Waals surface area (Å²) in [6.45, 7) is 1.15. The molecule has 0 unspecified atom stereocenters. The van der Waals surface area contributed by atoms with Crippen LogP contribution in [0.1, 0.15) is 6.42 Å². The lowest BCUT2D eigenvalue weighted by atomic mass is 10.4. The molecule has 0 aliphatic heterocycles. The summed E-state index contributed by atoms with van der Waals surface area (Å²) in [5.74, 6) is 0. The second kappa shape index (κ2) is 6.73. The average Bonchev–Trinajstić information content (AvgIpc) is 2.28. The first-order valence-corrected chi connectivity index (χ1v) is 7.66. The molecule has 1 aromatic carbocycles. The number of hydrogen-bond acceptors (Lipinski definition) is 3. The van der Waals surface area contributed by atoms with Gasteiger partial charge in [0.1, 0.15) is 4.90 Å². The van der Waals surface area contributed by atoms with Gasteiger partial charge in [0.15, 0.2) is 0 Å². The van der Waals surface area contributed by atoms with Crippen molar-refractivity contribution in [1.29, 1.82) is 0 Å². The van der Waals surface area contributed by atoms with Gasteiger partial charge in [-0.3, -0.25) is 0 Å². The zero-order valence-corrected chi connectivity index (χ0v) is 12.6. The highest BCUT2D eigenvalue weighted by molar-refractivity contribution is 7.89. The molecule has 0 fully saturated rings. The molecule has 18 heavy (non-hydrogen) atoms. The van der Waals surface area contributed by atoms with Crippen molar-refractivity contribution in [2.75, 3.05) is 27.2 Å². The third kappa shape index (κ3) is 3.59. The van der Waals surface area contributed by atoms with E-state index in [-0.39, 0.29) is 14.9 Å². The van der Waals surface area contributed by atoms with Crippen LogP contribution >= 0.6 is 23.2 Å². The first kappa shape index (κ1) is 15.7. The van der Waals surface area contributed by atoms with E-state index in [1.807, 2.05) is 7.05 Å². The third-order valence-electron chi connectivity index (χ3n) is 2.49. The molecular weight excluding hydrogens is 295 g/mol. The van der Waals surface area contributed by atoms with Crippen LogP contribution in [0.2, 0.25) is 10.0 Å². The molecule has 4 nitrogen and oxygen atoms in total. The minimum atomic E-state index is -3.64. The number of nitrogens with one attached hydrogen (secondary N) is 1. The van der Waals surface area contributed by atoms with E-state index in [0.29, 0.717) is 13.0 Å². The molecule has 0 heterocycles. The Morgan fingerprint density at radius 3 is 2.33 bits per heavy atom. The predicted octanol–water partition coefficient (Wildman–Crippen LogP) is 2.22. The highest BCUT2D eigenvalue weighted by Crippen LogP contribution is 2.30. The normalized spacial score (nSPS) is 12.1. The van der Waals surface area contributed by atoms with Gasteiger partial charge in [-0.1, -0.05) is 29.3 Å². The molecule has 1 aromatic rings. The van der Waals surface area contributed by atoms with Crippen molar-refractivity contribution in [2.24, 2.45) is 0 Å². The van der Waals surface area contributed by atoms with E-state index < -0.39 is 10.0 Å². The Kier molecular flexibility index (Phi) is 5.88. The summed E-state index contributed by atoms with van der Waals surface area (Å²) in [5, 5.41) is 3.25. The number of sulfonamides is 1. The monoisotopic (exact) mass is 310 g/mol. The van der Waals surface area contributed by atoms with Gasteiger partial charge in [-0.05, 0) is 32.1 Å². The number of rotatable bonds is 6. The van der Waals surface area contributed by atoms with Crippen molar-refractivity contribution in [3.63, 3.8) is 0 Å². The molecule has 0 spiro atoms. The second-order valence-electron chi connectivity index (χ2n) is 3.83. The van der Waals surface area contributed by atoms with Gasteiger partial charge >= 0.3 is 0 Å². The van der Waals surface area contributed by atoms with Crippen molar-refractivity contribution >= 4 is 33.2 Å². The first-order valence-electron chi connectivity index (χ1n) is 5.46. The maximum absolute atomic E-state index is 12.3. The highest BCUT2D eigenvalue weighted by atomic mass is 35.5. The van der Waals surface area contributed by atoms with Gasteiger partial charge < -0.3 is 5.32 Å². The van der Waals surface area contributed by atoms with E-state index in [9.17, 15) is 8.42 Å². The molecule has 0 bridgehead atoms. The number of halogens is 2. The molecule has 0 saturated carbocycles. The van der Waals surface area contributed by atoms with E-state index in [2.05, 4.69) is 5.32 Å². The number of benzene rings is 1. The fourth-order valence-electron chi connectivity index (χ4n) is 1.48. The molecule has 0 aromatic heterocycles. The van der Waals surface area contributed by atoms with Crippen LogP contribution in [0.15, 0.2) is 23.1 Å². The van der Waals surface area contributed by atoms with Crippen LogP contribution in [0, 0.1) is 0 Å². The van der Waals surface area contributed by atoms with Crippen LogP contribution in [-0.4, -0.2) is 39.9 Å². The van der Waals surface area contributed by atoms with Crippen LogP contribution in [0.25, 0.3) is 0 Å². The van der Waals surface area contributed by atoms with Crippen LogP contribution in [-0.2, 0) is 10.0 Å². The van der Waals surface area contributed by atoms with E-state index >= 15 is 0 Å². The lowest BCUT2D eigenvalue weighted by Crippen LogP contribution is -2.30. The molecular formula is C11H16Cl2N2O2S. The van der Waals surface area contributed by atoms with Crippen molar-refractivity contribution in [2.45, 2.75) is 11.3 Å². The Bertz CT molecular complexity index is 486. The van der Waals surface area contributed by atoms with Gasteiger partial charge in [-0.25, -0.2) is 12.7 Å². The minimum absolute atomic E-state index is 0.0275. The Balaban J connectivity index is 2.99. The molecule has 0 radical (unpaired) electrons. The van der Waals surface area contributed by atoms with Gasteiger partial charge in [0.25, 0.3) is 0 Å². The van der Waals surface area contributed by atoms with Crippen LogP contribution < -0.4 is 5.32 Å². The third-order valence-corrected chi connectivity index (χ3v) is 5.30. The average molecular weight is 311 g/mol. The molecule has 1 rings (SSSR count). The number of hydrogen-bond donors (Lipinski definition) is 1. The Hall–Kier alpha value is -0.330. The fraction of sp³-hybridized carbons (Fsp3) is 0.455. The standard InChI is InChI=1S/C11H16Cl2N2O2S/c1-14-7-4-8-15(2)18(16,17)11-9(12)5-3-6-10(11)13/h3,5-6,14H,4,7-8H2,1-2H3. The Morgan fingerprint density at radius 1 is 1.28 bits per heavy atom. The molecule has 0 aliphatic carbocycles. The summed E-state index contributed by atoms with van der Waals surface area (Å²) in [7, 11) is -0.302. The first-order chi connectivity index (χ1) is 8.41. The Labute approximate surface area is 118 Å².